The van der Waals surface area contributed by atoms with Crippen molar-refractivity contribution in [1.29, 1.82) is 0 Å². The van der Waals surface area contributed by atoms with Crippen molar-refractivity contribution in [1.82, 2.24) is 9.80 Å². The molecular formula is C14H28N2O4. The molecule has 0 aromatic rings. The summed E-state index contributed by atoms with van der Waals surface area (Å²) >= 11 is 0. The van der Waals surface area contributed by atoms with Crippen molar-refractivity contribution in [3.05, 3.63) is 0 Å². The van der Waals surface area contributed by atoms with Gasteiger partial charge in [0, 0.05) is 38.1 Å². The van der Waals surface area contributed by atoms with Crippen LogP contribution in [-0.2, 0) is 4.74 Å². The minimum absolute atomic E-state index is 0.0459. The van der Waals surface area contributed by atoms with Crippen LogP contribution in [0.3, 0.4) is 0 Å². The van der Waals surface area contributed by atoms with Crippen LogP contribution in [0.15, 0.2) is 0 Å². The first-order valence-corrected chi connectivity index (χ1v) is 7.11. The third-order valence-corrected chi connectivity index (χ3v) is 3.39. The molecule has 1 rings (SSSR count). The van der Waals surface area contributed by atoms with Gasteiger partial charge < -0.3 is 19.8 Å². The van der Waals surface area contributed by atoms with E-state index in [0.717, 1.165) is 13.1 Å². The smallest absolute Gasteiger partial charge is 0.410 e. The fraction of sp³-hybridized carbons (Fsp3) is 0.929. The number of piperazine rings is 1. The minimum Gasteiger partial charge on any atom is -0.444 e. The molecule has 1 aliphatic heterocycles. The van der Waals surface area contributed by atoms with E-state index in [-0.39, 0.29) is 19.3 Å². The summed E-state index contributed by atoms with van der Waals surface area (Å²) in [6, 6.07) is 0. The standard InChI is InChI=1S/C14H28N2O4/c1-13(2,3)20-12(19)16-7-5-15(6-8-16)9-14(4,10-17)11-18/h17-18H,5-11H2,1-4H3. The molecule has 2 N–H and O–H groups in total. The maximum absolute atomic E-state index is 11.9. The van der Waals surface area contributed by atoms with Crippen LogP contribution < -0.4 is 0 Å². The summed E-state index contributed by atoms with van der Waals surface area (Å²) in [5.41, 5.74) is -0.964. The molecule has 6 heteroatoms. The number of hydrogen-bond donors (Lipinski definition) is 2. The zero-order valence-electron chi connectivity index (χ0n) is 13.1. The van der Waals surface area contributed by atoms with Gasteiger partial charge in [-0.1, -0.05) is 6.92 Å². The predicted octanol–water partition coefficient (Wildman–Crippen LogP) is 0.530. The SMILES string of the molecule is CC(CO)(CO)CN1CCN(C(=O)OC(C)(C)C)CC1. The van der Waals surface area contributed by atoms with Gasteiger partial charge in [0.15, 0.2) is 0 Å². The van der Waals surface area contributed by atoms with Crippen LogP contribution in [0.25, 0.3) is 0 Å². The van der Waals surface area contributed by atoms with Gasteiger partial charge in [-0.25, -0.2) is 4.79 Å². The van der Waals surface area contributed by atoms with Crippen molar-refractivity contribution in [2.45, 2.75) is 33.3 Å². The van der Waals surface area contributed by atoms with E-state index in [1.807, 2.05) is 27.7 Å². The lowest BCUT2D eigenvalue weighted by Gasteiger charge is -2.39. The lowest BCUT2D eigenvalue weighted by Crippen LogP contribution is -2.53. The highest BCUT2D eigenvalue weighted by Gasteiger charge is 2.30. The van der Waals surface area contributed by atoms with Crippen LogP contribution in [0.4, 0.5) is 4.79 Å². The Bertz CT molecular complexity index is 316. The average Bonchev–Trinajstić information content (AvgIpc) is 2.37. The molecule has 6 nitrogen and oxygen atoms in total. The highest BCUT2D eigenvalue weighted by Crippen LogP contribution is 2.18. The first-order valence-electron chi connectivity index (χ1n) is 7.11. The molecule has 0 unspecified atom stereocenters. The molecule has 0 bridgehead atoms. The number of ether oxygens (including phenoxy) is 1. The summed E-state index contributed by atoms with van der Waals surface area (Å²) < 4.78 is 5.34. The number of rotatable bonds is 4. The Hall–Kier alpha value is -0.850. The topological polar surface area (TPSA) is 73.2 Å². The Kier molecular flexibility index (Phi) is 5.79. The van der Waals surface area contributed by atoms with Crippen LogP contribution in [-0.4, -0.2) is 77.6 Å². The molecule has 0 atom stereocenters. The van der Waals surface area contributed by atoms with Gasteiger partial charge in [0.05, 0.1) is 13.2 Å². The third kappa shape index (κ3) is 5.26. The molecule has 0 radical (unpaired) electrons. The normalized spacial score (nSPS) is 18.2. The molecular weight excluding hydrogens is 260 g/mol. The first kappa shape index (κ1) is 17.2. The maximum atomic E-state index is 11.9. The second kappa shape index (κ2) is 6.74. The average molecular weight is 288 g/mol. The van der Waals surface area contributed by atoms with Crippen LogP contribution >= 0.6 is 0 Å². The maximum Gasteiger partial charge on any atom is 0.410 e. The van der Waals surface area contributed by atoms with Crippen molar-refractivity contribution in [2.75, 3.05) is 45.9 Å². The molecule has 0 aliphatic carbocycles. The summed E-state index contributed by atoms with van der Waals surface area (Å²) in [6.45, 7) is 10.6. The molecule has 0 spiro atoms. The van der Waals surface area contributed by atoms with Crippen LogP contribution in [0.1, 0.15) is 27.7 Å². The Morgan fingerprint density at radius 1 is 1.05 bits per heavy atom. The number of amides is 1. The summed E-state index contributed by atoms with van der Waals surface area (Å²) in [5, 5.41) is 18.6. The number of aliphatic hydroxyl groups is 2. The van der Waals surface area contributed by atoms with E-state index in [4.69, 9.17) is 4.74 Å². The summed E-state index contributed by atoms with van der Waals surface area (Å²) in [5.74, 6) is 0. The van der Waals surface area contributed by atoms with E-state index >= 15 is 0 Å². The lowest BCUT2D eigenvalue weighted by molar-refractivity contribution is -0.00119. The number of hydrogen-bond acceptors (Lipinski definition) is 5. The van der Waals surface area contributed by atoms with Crippen LogP contribution in [0, 0.1) is 5.41 Å². The van der Waals surface area contributed by atoms with E-state index in [1.54, 1.807) is 4.90 Å². The van der Waals surface area contributed by atoms with Crippen molar-refractivity contribution >= 4 is 6.09 Å². The molecule has 0 aromatic heterocycles. The number of aliphatic hydroxyl groups excluding tert-OH is 2. The van der Waals surface area contributed by atoms with Crippen LogP contribution in [0.2, 0.25) is 0 Å². The zero-order chi connectivity index (χ0) is 15.4. The van der Waals surface area contributed by atoms with Gasteiger partial charge in [-0.3, -0.25) is 4.90 Å². The second-order valence-corrected chi connectivity index (χ2v) is 6.87. The van der Waals surface area contributed by atoms with E-state index in [9.17, 15) is 15.0 Å². The minimum atomic E-state index is -0.492. The molecule has 0 aromatic carbocycles. The Morgan fingerprint density at radius 3 is 1.95 bits per heavy atom. The molecule has 0 saturated carbocycles. The molecule has 1 fully saturated rings. The van der Waals surface area contributed by atoms with Gasteiger partial charge >= 0.3 is 6.09 Å². The summed E-state index contributed by atoms with van der Waals surface area (Å²) in [4.78, 5) is 15.8. The van der Waals surface area contributed by atoms with Gasteiger partial charge in [-0.05, 0) is 20.8 Å². The summed E-state index contributed by atoms with van der Waals surface area (Å²) in [7, 11) is 0. The number of nitrogens with zero attached hydrogens (tertiary/aromatic N) is 2. The van der Waals surface area contributed by atoms with E-state index < -0.39 is 11.0 Å². The quantitative estimate of drug-likeness (QED) is 0.789. The Morgan fingerprint density at radius 2 is 1.55 bits per heavy atom. The monoisotopic (exact) mass is 288 g/mol. The van der Waals surface area contributed by atoms with Gasteiger partial charge in [0.2, 0.25) is 0 Å². The van der Waals surface area contributed by atoms with E-state index in [2.05, 4.69) is 4.90 Å². The molecule has 1 heterocycles. The number of carbonyl (C=O) groups excluding carboxylic acids is 1. The largest absolute Gasteiger partial charge is 0.444 e. The number of carbonyl (C=O) groups is 1. The van der Waals surface area contributed by atoms with E-state index in [1.165, 1.54) is 0 Å². The highest BCUT2D eigenvalue weighted by atomic mass is 16.6. The van der Waals surface area contributed by atoms with E-state index in [0.29, 0.717) is 19.6 Å². The fourth-order valence-corrected chi connectivity index (χ4v) is 2.10. The molecule has 1 aliphatic rings. The summed E-state index contributed by atoms with van der Waals surface area (Å²) in [6.07, 6.45) is -0.274. The van der Waals surface area contributed by atoms with Crippen molar-refractivity contribution < 1.29 is 19.7 Å². The lowest BCUT2D eigenvalue weighted by atomic mass is 9.92. The highest BCUT2D eigenvalue weighted by molar-refractivity contribution is 5.68. The zero-order valence-corrected chi connectivity index (χ0v) is 13.1. The molecule has 1 saturated heterocycles. The van der Waals surface area contributed by atoms with Gasteiger partial charge in [-0.15, -0.1) is 0 Å². The predicted molar refractivity (Wildman–Crippen MR) is 76.5 cm³/mol. The molecule has 1 amide bonds. The van der Waals surface area contributed by atoms with Gasteiger partial charge in [0.25, 0.3) is 0 Å². The third-order valence-electron chi connectivity index (χ3n) is 3.39. The Balaban J connectivity index is 2.42. The van der Waals surface area contributed by atoms with Crippen molar-refractivity contribution in [2.24, 2.45) is 5.41 Å². The fourth-order valence-electron chi connectivity index (χ4n) is 2.10. The van der Waals surface area contributed by atoms with Gasteiger partial charge in [0.1, 0.15) is 5.60 Å². The second-order valence-electron chi connectivity index (χ2n) is 6.87. The first-order chi connectivity index (χ1) is 9.19. The Labute approximate surface area is 121 Å². The van der Waals surface area contributed by atoms with Gasteiger partial charge in [-0.2, -0.15) is 0 Å². The molecule has 20 heavy (non-hydrogen) atoms. The molecule has 118 valence electrons. The van der Waals surface area contributed by atoms with Crippen molar-refractivity contribution in [3.8, 4) is 0 Å². The van der Waals surface area contributed by atoms with Crippen molar-refractivity contribution in [3.63, 3.8) is 0 Å². The van der Waals surface area contributed by atoms with Crippen LogP contribution in [0.5, 0.6) is 0 Å².